The van der Waals surface area contributed by atoms with Crippen molar-refractivity contribution in [3.63, 3.8) is 0 Å². The SMILES string of the molecule is Cc1cnc(Sc2cccc(F)c2[C@H](C)O)nc1. The van der Waals surface area contributed by atoms with E-state index in [-0.39, 0.29) is 5.56 Å². The van der Waals surface area contributed by atoms with Crippen LogP contribution in [0.15, 0.2) is 40.6 Å². The van der Waals surface area contributed by atoms with Crippen molar-refractivity contribution < 1.29 is 9.50 Å². The average Bonchev–Trinajstić information content (AvgIpc) is 2.32. The summed E-state index contributed by atoms with van der Waals surface area (Å²) in [5, 5.41) is 10.1. The molecule has 1 N–H and O–H groups in total. The molecule has 3 nitrogen and oxygen atoms in total. The molecular formula is C13H13FN2OS. The number of aliphatic hydroxyl groups is 1. The largest absolute Gasteiger partial charge is 0.389 e. The quantitative estimate of drug-likeness (QED) is 0.865. The Labute approximate surface area is 109 Å². The highest BCUT2D eigenvalue weighted by Crippen LogP contribution is 2.32. The van der Waals surface area contributed by atoms with Crippen molar-refractivity contribution in [1.82, 2.24) is 9.97 Å². The van der Waals surface area contributed by atoms with Crippen LogP contribution in [0.25, 0.3) is 0 Å². The van der Waals surface area contributed by atoms with Crippen LogP contribution in [0.3, 0.4) is 0 Å². The summed E-state index contributed by atoms with van der Waals surface area (Å²) >= 11 is 1.24. The molecule has 0 spiro atoms. The van der Waals surface area contributed by atoms with E-state index in [0.29, 0.717) is 10.1 Å². The molecule has 0 aliphatic carbocycles. The van der Waals surface area contributed by atoms with Gasteiger partial charge in [-0.3, -0.25) is 0 Å². The Balaban J connectivity index is 2.34. The number of nitrogens with zero attached hydrogens (tertiary/aromatic N) is 2. The first kappa shape index (κ1) is 13.0. The Morgan fingerprint density at radius 1 is 1.28 bits per heavy atom. The molecule has 0 amide bonds. The van der Waals surface area contributed by atoms with Crippen molar-refractivity contribution in [3.05, 3.63) is 47.5 Å². The average molecular weight is 264 g/mol. The Morgan fingerprint density at radius 3 is 2.56 bits per heavy atom. The van der Waals surface area contributed by atoms with E-state index in [9.17, 15) is 9.50 Å². The van der Waals surface area contributed by atoms with Gasteiger partial charge in [-0.1, -0.05) is 6.07 Å². The minimum Gasteiger partial charge on any atom is -0.389 e. The van der Waals surface area contributed by atoms with Gasteiger partial charge in [-0.05, 0) is 43.3 Å². The molecule has 5 heteroatoms. The van der Waals surface area contributed by atoms with Crippen LogP contribution in [0.5, 0.6) is 0 Å². The van der Waals surface area contributed by atoms with Gasteiger partial charge in [0, 0.05) is 22.9 Å². The number of aliphatic hydroxyl groups excluding tert-OH is 1. The molecule has 2 rings (SSSR count). The smallest absolute Gasteiger partial charge is 0.192 e. The highest BCUT2D eigenvalue weighted by Gasteiger charge is 2.15. The van der Waals surface area contributed by atoms with Crippen molar-refractivity contribution in [2.24, 2.45) is 0 Å². The summed E-state index contributed by atoms with van der Waals surface area (Å²) in [6.45, 7) is 3.44. The highest BCUT2D eigenvalue weighted by molar-refractivity contribution is 7.99. The topological polar surface area (TPSA) is 46.0 Å². The summed E-state index contributed by atoms with van der Waals surface area (Å²) in [5.41, 5.74) is 1.25. The lowest BCUT2D eigenvalue weighted by molar-refractivity contribution is 0.191. The number of aryl methyl sites for hydroxylation is 1. The minimum atomic E-state index is -0.862. The summed E-state index contributed by atoms with van der Waals surface area (Å²) in [7, 11) is 0. The molecule has 0 aliphatic heterocycles. The molecule has 0 aliphatic rings. The van der Waals surface area contributed by atoms with Crippen molar-refractivity contribution in [2.75, 3.05) is 0 Å². The molecule has 0 saturated heterocycles. The van der Waals surface area contributed by atoms with Gasteiger partial charge < -0.3 is 5.11 Å². The number of halogens is 1. The van der Waals surface area contributed by atoms with Crippen LogP contribution >= 0.6 is 11.8 Å². The first-order chi connectivity index (χ1) is 8.58. The Bertz CT molecular complexity index is 543. The second-order valence-corrected chi connectivity index (χ2v) is 4.98. The maximum absolute atomic E-state index is 13.7. The number of aromatic nitrogens is 2. The van der Waals surface area contributed by atoms with E-state index in [4.69, 9.17) is 0 Å². The van der Waals surface area contributed by atoms with Crippen molar-refractivity contribution >= 4 is 11.8 Å². The van der Waals surface area contributed by atoms with Crippen LogP contribution in [-0.2, 0) is 0 Å². The zero-order chi connectivity index (χ0) is 13.1. The molecular weight excluding hydrogens is 251 g/mol. The summed E-state index contributed by atoms with van der Waals surface area (Å²) < 4.78 is 13.7. The maximum atomic E-state index is 13.7. The van der Waals surface area contributed by atoms with Gasteiger partial charge in [-0.15, -0.1) is 0 Å². The number of hydrogen-bond donors (Lipinski definition) is 1. The van der Waals surface area contributed by atoms with E-state index in [0.717, 1.165) is 5.56 Å². The lowest BCUT2D eigenvalue weighted by atomic mass is 10.1. The molecule has 1 aromatic heterocycles. The van der Waals surface area contributed by atoms with Crippen molar-refractivity contribution in [3.8, 4) is 0 Å². The first-order valence-corrected chi connectivity index (χ1v) is 6.32. The number of benzene rings is 1. The fourth-order valence-electron chi connectivity index (χ4n) is 1.54. The van der Waals surface area contributed by atoms with E-state index >= 15 is 0 Å². The Morgan fingerprint density at radius 2 is 1.94 bits per heavy atom. The second kappa shape index (κ2) is 5.46. The van der Waals surface area contributed by atoms with Crippen molar-refractivity contribution in [1.29, 1.82) is 0 Å². The van der Waals surface area contributed by atoms with E-state index in [1.807, 2.05) is 6.92 Å². The molecule has 18 heavy (non-hydrogen) atoms. The predicted molar refractivity (Wildman–Crippen MR) is 67.9 cm³/mol. The van der Waals surface area contributed by atoms with Crippen LogP contribution in [0.1, 0.15) is 24.2 Å². The van der Waals surface area contributed by atoms with Crippen LogP contribution in [0, 0.1) is 12.7 Å². The van der Waals surface area contributed by atoms with Crippen molar-refractivity contribution in [2.45, 2.75) is 30.0 Å². The second-order valence-electron chi connectivity index (χ2n) is 3.97. The maximum Gasteiger partial charge on any atom is 0.192 e. The van der Waals surface area contributed by atoms with Gasteiger partial charge in [0.05, 0.1) is 6.10 Å². The normalized spacial score (nSPS) is 12.4. The molecule has 1 atom stereocenters. The molecule has 0 bridgehead atoms. The highest BCUT2D eigenvalue weighted by atomic mass is 32.2. The zero-order valence-corrected chi connectivity index (χ0v) is 10.9. The molecule has 0 saturated carbocycles. The monoisotopic (exact) mass is 264 g/mol. The molecule has 0 unspecified atom stereocenters. The Kier molecular flexibility index (Phi) is 3.93. The number of hydrogen-bond acceptors (Lipinski definition) is 4. The summed E-state index contributed by atoms with van der Waals surface area (Å²) in [5.74, 6) is -0.415. The van der Waals surface area contributed by atoms with Crippen LogP contribution in [0.2, 0.25) is 0 Å². The summed E-state index contributed by atoms with van der Waals surface area (Å²) in [4.78, 5) is 8.94. The molecule has 2 aromatic rings. The van der Waals surface area contributed by atoms with Crippen LogP contribution < -0.4 is 0 Å². The van der Waals surface area contributed by atoms with Gasteiger partial charge in [0.1, 0.15) is 5.82 Å². The van der Waals surface area contributed by atoms with Gasteiger partial charge in [-0.25, -0.2) is 14.4 Å². The van der Waals surface area contributed by atoms with Gasteiger partial charge in [-0.2, -0.15) is 0 Å². The van der Waals surface area contributed by atoms with Gasteiger partial charge >= 0.3 is 0 Å². The summed E-state index contributed by atoms with van der Waals surface area (Å²) in [6, 6.07) is 4.69. The van der Waals surface area contributed by atoms with E-state index in [1.165, 1.54) is 17.8 Å². The molecule has 0 radical (unpaired) electrons. The fraction of sp³-hybridized carbons (Fsp3) is 0.231. The fourth-order valence-corrected chi connectivity index (χ4v) is 2.48. The predicted octanol–water partition coefficient (Wildman–Crippen LogP) is 3.13. The third-order valence-electron chi connectivity index (χ3n) is 2.39. The van der Waals surface area contributed by atoms with E-state index < -0.39 is 11.9 Å². The van der Waals surface area contributed by atoms with Gasteiger partial charge in [0.25, 0.3) is 0 Å². The molecule has 1 aromatic carbocycles. The molecule has 94 valence electrons. The van der Waals surface area contributed by atoms with E-state index in [1.54, 1.807) is 31.5 Å². The summed E-state index contributed by atoms with van der Waals surface area (Å²) in [6.07, 6.45) is 2.55. The van der Waals surface area contributed by atoms with Gasteiger partial charge in [0.15, 0.2) is 5.16 Å². The van der Waals surface area contributed by atoms with Crippen LogP contribution in [0.4, 0.5) is 4.39 Å². The third-order valence-corrected chi connectivity index (χ3v) is 3.36. The molecule has 1 heterocycles. The zero-order valence-electron chi connectivity index (χ0n) is 10.1. The Hall–Kier alpha value is -1.46. The van der Waals surface area contributed by atoms with E-state index in [2.05, 4.69) is 9.97 Å². The molecule has 0 fully saturated rings. The lowest BCUT2D eigenvalue weighted by Gasteiger charge is -2.11. The standard InChI is InChI=1S/C13H13FN2OS/c1-8-6-15-13(16-7-8)18-11-5-3-4-10(14)12(11)9(2)17/h3-7,9,17H,1-2H3/t9-/m0/s1. The third kappa shape index (κ3) is 2.86. The van der Waals surface area contributed by atoms with Gasteiger partial charge in [0.2, 0.25) is 0 Å². The van der Waals surface area contributed by atoms with Crippen LogP contribution in [-0.4, -0.2) is 15.1 Å². The number of rotatable bonds is 3. The lowest BCUT2D eigenvalue weighted by Crippen LogP contribution is -1.99. The minimum absolute atomic E-state index is 0.284. The first-order valence-electron chi connectivity index (χ1n) is 5.51.